The van der Waals surface area contributed by atoms with Crippen molar-refractivity contribution in [3.63, 3.8) is 0 Å². The van der Waals surface area contributed by atoms with Crippen molar-refractivity contribution in [3.8, 4) is 0 Å². The van der Waals surface area contributed by atoms with E-state index in [9.17, 15) is 0 Å². The molecule has 0 atom stereocenters. The van der Waals surface area contributed by atoms with Crippen molar-refractivity contribution in [2.24, 2.45) is 0 Å². The number of rotatable bonds is 0. The van der Waals surface area contributed by atoms with Crippen molar-refractivity contribution in [2.75, 3.05) is 0 Å². The first kappa shape index (κ1) is 23.0. The molecule has 0 spiro atoms. The average Bonchev–Trinajstić information content (AvgIpc) is 1.00. The monoisotopic (exact) mass is 366 g/mol. The Morgan fingerprint density at radius 3 is 1.40 bits per heavy atom. The molecule has 0 aromatic heterocycles. The van der Waals surface area contributed by atoms with E-state index in [1.807, 2.05) is 15.9 Å². The predicted molar refractivity (Wildman–Crippen MR) is 16.6 cm³/mol. The summed E-state index contributed by atoms with van der Waals surface area (Å²) in [5.41, 5.74) is 0. The standard InChI is InChI=1S/Ba.Fe.O.Sr.Zn.4H/q+2;;;+2;;4*-1. The molecule has 24 valence electrons. The predicted octanol–water partition coefficient (Wildman–Crippen LogP) is -0.435. The zero-order valence-corrected chi connectivity index (χ0v) is 14.9. The summed E-state index contributed by atoms with van der Waals surface area (Å²) < 4.78 is 8.00. The minimum Gasteiger partial charge on any atom is 0 e. The molecule has 0 saturated heterocycles. The van der Waals surface area contributed by atoms with Gasteiger partial charge in [-0.2, -0.15) is 0 Å². The zero-order chi connectivity index (χ0) is 2.00. The van der Waals surface area contributed by atoms with Gasteiger partial charge in [-0.15, -0.1) is 0 Å². The summed E-state index contributed by atoms with van der Waals surface area (Å²) in [5.74, 6) is 0. The van der Waals surface area contributed by atoms with Crippen LogP contribution in [0.4, 0.5) is 0 Å². The molecule has 0 aliphatic carbocycles. The van der Waals surface area contributed by atoms with Gasteiger partial charge < -0.3 is 5.71 Å². The SMILES string of the molecule is [Ba+2].[H-].[H-].[H-].[H-].[O]=[Fe].[Sr+2].[Zn]. The van der Waals surface area contributed by atoms with Gasteiger partial charge in [0.25, 0.3) is 0 Å². The maximum Gasteiger partial charge on any atom is 2.00 e. The van der Waals surface area contributed by atoms with Gasteiger partial charge in [-0.3, -0.25) is 0 Å². The summed E-state index contributed by atoms with van der Waals surface area (Å²) in [6, 6.07) is 0. The molecule has 0 aromatic carbocycles. The molecule has 5 heteroatoms. The molecule has 0 unspecified atom stereocenters. The molecular weight excluding hydrogens is 362 g/mol. The van der Waals surface area contributed by atoms with Gasteiger partial charge in [-0.1, -0.05) is 0 Å². The molecule has 0 rings (SSSR count). The van der Waals surface area contributed by atoms with Crippen LogP contribution in [0.25, 0.3) is 0 Å². The quantitative estimate of drug-likeness (QED) is 0.532. The Morgan fingerprint density at radius 2 is 1.40 bits per heavy atom. The summed E-state index contributed by atoms with van der Waals surface area (Å²) in [5, 5.41) is 0. The summed E-state index contributed by atoms with van der Waals surface area (Å²) >= 11 is 2.00. The topological polar surface area (TPSA) is 17.1 Å². The van der Waals surface area contributed by atoms with Crippen molar-refractivity contribution < 1.29 is 45.0 Å². The summed E-state index contributed by atoms with van der Waals surface area (Å²) in [7, 11) is 0. The number of hydrogen-bond acceptors (Lipinski definition) is 1. The van der Waals surface area contributed by atoms with Crippen LogP contribution in [0.15, 0.2) is 0 Å². The van der Waals surface area contributed by atoms with Gasteiger partial charge in [-0.05, 0) is 0 Å². The van der Waals surface area contributed by atoms with Crippen LogP contribution in [-0.2, 0) is 39.3 Å². The van der Waals surface area contributed by atoms with Crippen LogP contribution in [0.5, 0.6) is 0 Å². The maximum atomic E-state index is 8.00. The van der Waals surface area contributed by atoms with Crippen LogP contribution in [-0.4, -0.2) is 94.4 Å². The molecule has 0 saturated carbocycles. The fraction of sp³-hybridized carbons (Fsp3) is 0. The molecule has 0 aliphatic heterocycles. The molecule has 0 amide bonds. The second-order valence-electron chi connectivity index (χ2n) is 0. The molecule has 0 heterocycles. The third kappa shape index (κ3) is 18.0. The molecule has 0 fully saturated rings. The van der Waals surface area contributed by atoms with E-state index < -0.39 is 0 Å². The third-order valence-corrected chi connectivity index (χ3v) is 0. The van der Waals surface area contributed by atoms with E-state index in [1.165, 1.54) is 0 Å². The molecule has 0 N–H and O–H groups in total. The Morgan fingerprint density at radius 1 is 1.40 bits per heavy atom. The smallest absolute Gasteiger partial charge is 0 e. The van der Waals surface area contributed by atoms with Gasteiger partial charge in [0.1, 0.15) is 0 Å². The van der Waals surface area contributed by atoms with Crippen LogP contribution in [0.1, 0.15) is 5.71 Å². The Balaban J connectivity index is -0.000000000238. The second kappa shape index (κ2) is 24.5. The van der Waals surface area contributed by atoms with Gasteiger partial charge in [0.2, 0.25) is 0 Å². The first-order chi connectivity index (χ1) is 1.00. The third-order valence-electron chi connectivity index (χ3n) is 0. The van der Waals surface area contributed by atoms with Crippen molar-refractivity contribution >= 4 is 94.4 Å². The van der Waals surface area contributed by atoms with Crippen LogP contribution in [0, 0.1) is 0 Å². The minimum atomic E-state index is 0. The minimum absolute atomic E-state index is 0. The van der Waals surface area contributed by atoms with E-state index >= 15 is 0 Å². The average molecular weight is 366 g/mol. The van der Waals surface area contributed by atoms with Crippen molar-refractivity contribution in [3.05, 3.63) is 0 Å². The van der Waals surface area contributed by atoms with Crippen LogP contribution in [0.3, 0.4) is 0 Å². The van der Waals surface area contributed by atoms with Gasteiger partial charge >= 0.3 is 114 Å². The Bertz CT molecular complexity index is 20.5. The van der Waals surface area contributed by atoms with E-state index in [1.54, 1.807) is 0 Å². The van der Waals surface area contributed by atoms with E-state index in [0.717, 1.165) is 0 Å². The first-order valence-corrected chi connectivity index (χ1v) is 0.595. The largest absolute Gasteiger partial charge is 2.00 e. The molecule has 0 aromatic rings. The number of hydrogen-bond donors (Lipinski definition) is 0. The Labute approximate surface area is 135 Å². The second-order valence-corrected chi connectivity index (χ2v) is 0. The summed E-state index contributed by atoms with van der Waals surface area (Å²) in [6.45, 7) is 0. The van der Waals surface area contributed by atoms with Crippen LogP contribution in [0.2, 0.25) is 0 Å². The van der Waals surface area contributed by atoms with Gasteiger partial charge in [-0.25, -0.2) is 0 Å². The van der Waals surface area contributed by atoms with E-state index in [-0.39, 0.29) is 120 Å². The molecule has 0 bridgehead atoms. The van der Waals surface area contributed by atoms with E-state index in [4.69, 9.17) is 3.83 Å². The van der Waals surface area contributed by atoms with Gasteiger partial charge in [0, 0.05) is 19.5 Å². The summed E-state index contributed by atoms with van der Waals surface area (Å²) in [6.07, 6.45) is 0. The normalized spacial score (nSPS) is 1.00. The van der Waals surface area contributed by atoms with Crippen molar-refractivity contribution in [2.45, 2.75) is 0 Å². The van der Waals surface area contributed by atoms with Gasteiger partial charge in [0.15, 0.2) is 0 Å². The van der Waals surface area contributed by atoms with E-state index in [2.05, 4.69) is 0 Å². The molecule has 5 heavy (non-hydrogen) atoms. The van der Waals surface area contributed by atoms with Gasteiger partial charge in [0.05, 0.1) is 0 Å². The molecular formula is H4BaFeOSrZn. The fourth-order valence-corrected chi connectivity index (χ4v) is 0. The van der Waals surface area contributed by atoms with E-state index in [0.29, 0.717) is 0 Å². The molecule has 1 nitrogen and oxygen atoms in total. The fourth-order valence-electron chi connectivity index (χ4n) is 0. The van der Waals surface area contributed by atoms with Crippen LogP contribution < -0.4 is 0 Å². The summed E-state index contributed by atoms with van der Waals surface area (Å²) in [4.78, 5) is 0. The van der Waals surface area contributed by atoms with Crippen molar-refractivity contribution in [1.82, 2.24) is 0 Å². The van der Waals surface area contributed by atoms with Crippen LogP contribution >= 0.6 is 0 Å². The first-order valence-electron chi connectivity index (χ1n) is 0.144. The Kier molecular flexibility index (Phi) is 113. The van der Waals surface area contributed by atoms with Crippen molar-refractivity contribution in [1.29, 1.82) is 0 Å². The zero-order valence-electron chi connectivity index (χ0n) is 6.88. The molecule has 0 radical (unpaired) electrons. The molecule has 0 aliphatic rings. The Hall–Kier alpha value is 3.99. The maximum absolute atomic E-state index is 8.00.